The molecular formula is C14H19N3O. The number of fused-ring (bicyclic) bond motifs is 1. The normalized spacial score (nSPS) is 10.8. The first-order valence-electron chi connectivity index (χ1n) is 6.26. The van der Waals surface area contributed by atoms with Crippen molar-refractivity contribution in [3.63, 3.8) is 0 Å². The Morgan fingerprint density at radius 2 is 2.22 bits per heavy atom. The number of amides is 1. The Balaban J connectivity index is 2.37. The first-order chi connectivity index (χ1) is 8.67. The van der Waals surface area contributed by atoms with Crippen molar-refractivity contribution < 1.29 is 4.79 Å². The Hall–Kier alpha value is -1.81. The summed E-state index contributed by atoms with van der Waals surface area (Å²) < 4.78 is 0. The van der Waals surface area contributed by atoms with Gasteiger partial charge in [0.2, 0.25) is 0 Å². The summed E-state index contributed by atoms with van der Waals surface area (Å²) in [4.78, 5) is 15.2. The van der Waals surface area contributed by atoms with Gasteiger partial charge in [-0.05, 0) is 37.1 Å². The number of benzene rings is 1. The van der Waals surface area contributed by atoms with Crippen LogP contribution >= 0.6 is 0 Å². The van der Waals surface area contributed by atoms with Crippen LogP contribution in [0.2, 0.25) is 0 Å². The molecule has 0 saturated carbocycles. The second kappa shape index (κ2) is 5.23. The maximum Gasteiger partial charge on any atom is 0.251 e. The number of hydrogen-bond donors (Lipinski definition) is 3. The van der Waals surface area contributed by atoms with Crippen molar-refractivity contribution in [3.8, 4) is 0 Å². The molecule has 0 aliphatic carbocycles. The summed E-state index contributed by atoms with van der Waals surface area (Å²) in [5, 5.41) is 3.90. The number of aromatic nitrogens is 1. The third-order valence-corrected chi connectivity index (χ3v) is 3.21. The van der Waals surface area contributed by atoms with E-state index in [2.05, 4.69) is 24.1 Å². The van der Waals surface area contributed by atoms with Crippen LogP contribution in [0, 0.1) is 6.92 Å². The summed E-state index contributed by atoms with van der Waals surface area (Å²) in [6, 6.07) is 5.73. The van der Waals surface area contributed by atoms with Gasteiger partial charge in [-0.2, -0.15) is 0 Å². The lowest BCUT2D eigenvalue weighted by Gasteiger charge is -2.03. The van der Waals surface area contributed by atoms with Gasteiger partial charge in [0.25, 0.3) is 5.91 Å². The van der Waals surface area contributed by atoms with Gasteiger partial charge in [0.05, 0.1) is 0 Å². The molecule has 1 aromatic carbocycles. The van der Waals surface area contributed by atoms with E-state index in [-0.39, 0.29) is 5.91 Å². The van der Waals surface area contributed by atoms with Crippen LogP contribution in [-0.2, 0) is 6.42 Å². The number of nitrogens with two attached hydrogens (primary N) is 1. The van der Waals surface area contributed by atoms with Crippen molar-refractivity contribution in [3.05, 3.63) is 35.0 Å². The average Bonchev–Trinajstić information content (AvgIpc) is 2.72. The molecule has 1 amide bonds. The fraction of sp³-hybridized carbons (Fsp3) is 0.357. The number of nitrogens with one attached hydrogen (secondary N) is 2. The lowest BCUT2D eigenvalue weighted by molar-refractivity contribution is 0.0955. The summed E-state index contributed by atoms with van der Waals surface area (Å²) in [6.45, 7) is 5.16. The predicted molar refractivity (Wildman–Crippen MR) is 73.8 cm³/mol. The molecule has 0 fully saturated rings. The zero-order valence-corrected chi connectivity index (χ0v) is 10.8. The Bertz CT molecular complexity index is 572. The Labute approximate surface area is 107 Å². The smallest absolute Gasteiger partial charge is 0.251 e. The van der Waals surface area contributed by atoms with E-state index < -0.39 is 0 Å². The molecule has 0 spiro atoms. The van der Waals surface area contributed by atoms with Crippen LogP contribution in [0.3, 0.4) is 0 Å². The molecule has 18 heavy (non-hydrogen) atoms. The molecule has 0 aliphatic heterocycles. The molecule has 0 aliphatic rings. The second-order valence-electron chi connectivity index (χ2n) is 4.39. The first-order valence-corrected chi connectivity index (χ1v) is 6.26. The lowest BCUT2D eigenvalue weighted by Crippen LogP contribution is -2.28. The highest BCUT2D eigenvalue weighted by Gasteiger charge is 2.10. The van der Waals surface area contributed by atoms with Crippen LogP contribution in [0.15, 0.2) is 18.2 Å². The van der Waals surface area contributed by atoms with E-state index in [0.29, 0.717) is 18.7 Å². The van der Waals surface area contributed by atoms with Gasteiger partial charge in [0.15, 0.2) is 0 Å². The SMILES string of the molecule is CCc1[nH]c2ccc(C(=O)NCCN)cc2c1C. The molecule has 1 heterocycles. The van der Waals surface area contributed by atoms with Crippen molar-refractivity contribution in [1.29, 1.82) is 0 Å². The lowest BCUT2D eigenvalue weighted by atomic mass is 10.1. The Morgan fingerprint density at radius 3 is 2.89 bits per heavy atom. The van der Waals surface area contributed by atoms with Crippen LogP contribution in [0.5, 0.6) is 0 Å². The molecule has 1 aromatic heterocycles. The third-order valence-electron chi connectivity index (χ3n) is 3.21. The van der Waals surface area contributed by atoms with Crippen molar-refractivity contribution in [1.82, 2.24) is 10.3 Å². The number of hydrogen-bond acceptors (Lipinski definition) is 2. The summed E-state index contributed by atoms with van der Waals surface area (Å²) in [5.41, 5.74) is 9.58. The van der Waals surface area contributed by atoms with Crippen LogP contribution in [-0.4, -0.2) is 24.0 Å². The number of aromatic amines is 1. The average molecular weight is 245 g/mol. The van der Waals surface area contributed by atoms with Gasteiger partial charge in [-0.3, -0.25) is 4.79 Å². The Kier molecular flexibility index (Phi) is 3.67. The van der Waals surface area contributed by atoms with E-state index in [1.54, 1.807) is 0 Å². The van der Waals surface area contributed by atoms with Crippen molar-refractivity contribution >= 4 is 16.8 Å². The van der Waals surface area contributed by atoms with Crippen molar-refractivity contribution in [2.24, 2.45) is 5.73 Å². The van der Waals surface area contributed by atoms with Crippen LogP contribution in [0.4, 0.5) is 0 Å². The molecule has 2 aromatic rings. The van der Waals surface area contributed by atoms with E-state index >= 15 is 0 Å². The van der Waals surface area contributed by atoms with Crippen LogP contribution in [0.1, 0.15) is 28.5 Å². The van der Waals surface area contributed by atoms with Gasteiger partial charge in [-0.25, -0.2) is 0 Å². The highest BCUT2D eigenvalue weighted by Crippen LogP contribution is 2.23. The van der Waals surface area contributed by atoms with E-state index in [1.807, 2.05) is 18.2 Å². The molecule has 4 heteroatoms. The zero-order chi connectivity index (χ0) is 13.1. The fourth-order valence-electron chi connectivity index (χ4n) is 2.16. The molecule has 4 nitrogen and oxygen atoms in total. The number of H-pyrrole nitrogens is 1. The van der Waals surface area contributed by atoms with Crippen molar-refractivity contribution in [2.45, 2.75) is 20.3 Å². The van der Waals surface area contributed by atoms with E-state index in [0.717, 1.165) is 17.3 Å². The standard InChI is InChI=1S/C14H19N3O/c1-3-12-9(2)11-8-10(4-5-13(11)17-12)14(18)16-7-6-15/h4-5,8,17H,3,6-7,15H2,1-2H3,(H,16,18). The van der Waals surface area contributed by atoms with Gasteiger partial charge in [-0.15, -0.1) is 0 Å². The maximum atomic E-state index is 11.9. The molecule has 2 rings (SSSR count). The van der Waals surface area contributed by atoms with Gasteiger partial charge < -0.3 is 16.0 Å². The number of rotatable bonds is 4. The van der Waals surface area contributed by atoms with E-state index in [9.17, 15) is 4.79 Å². The minimum absolute atomic E-state index is 0.0685. The van der Waals surface area contributed by atoms with Gasteiger partial charge in [-0.1, -0.05) is 6.92 Å². The quantitative estimate of drug-likeness (QED) is 0.767. The van der Waals surface area contributed by atoms with Gasteiger partial charge in [0, 0.05) is 35.2 Å². The second-order valence-corrected chi connectivity index (χ2v) is 4.39. The molecule has 0 atom stereocenters. The fourth-order valence-corrected chi connectivity index (χ4v) is 2.16. The van der Waals surface area contributed by atoms with E-state index in [4.69, 9.17) is 5.73 Å². The summed E-state index contributed by atoms with van der Waals surface area (Å²) >= 11 is 0. The predicted octanol–water partition coefficient (Wildman–Crippen LogP) is 1.73. The highest BCUT2D eigenvalue weighted by molar-refractivity contribution is 5.99. The van der Waals surface area contributed by atoms with E-state index in [1.165, 1.54) is 11.3 Å². The molecule has 4 N–H and O–H groups in total. The monoisotopic (exact) mass is 245 g/mol. The largest absolute Gasteiger partial charge is 0.358 e. The number of carbonyl (C=O) groups is 1. The van der Waals surface area contributed by atoms with Gasteiger partial charge >= 0.3 is 0 Å². The van der Waals surface area contributed by atoms with Gasteiger partial charge in [0.1, 0.15) is 0 Å². The Morgan fingerprint density at radius 1 is 1.44 bits per heavy atom. The zero-order valence-electron chi connectivity index (χ0n) is 10.8. The summed E-state index contributed by atoms with van der Waals surface area (Å²) in [5.74, 6) is -0.0685. The maximum absolute atomic E-state index is 11.9. The molecule has 0 unspecified atom stereocenters. The summed E-state index contributed by atoms with van der Waals surface area (Å²) in [7, 11) is 0. The molecule has 0 radical (unpaired) electrons. The number of carbonyl (C=O) groups excluding carboxylic acids is 1. The highest BCUT2D eigenvalue weighted by atomic mass is 16.1. The van der Waals surface area contributed by atoms with Crippen LogP contribution in [0.25, 0.3) is 10.9 Å². The molecule has 0 saturated heterocycles. The minimum Gasteiger partial charge on any atom is -0.358 e. The minimum atomic E-state index is -0.0685. The molecule has 0 bridgehead atoms. The molecular weight excluding hydrogens is 226 g/mol. The molecule has 96 valence electrons. The topological polar surface area (TPSA) is 70.9 Å². The van der Waals surface area contributed by atoms with Crippen LogP contribution < -0.4 is 11.1 Å². The van der Waals surface area contributed by atoms with Crippen molar-refractivity contribution in [2.75, 3.05) is 13.1 Å². The third kappa shape index (κ3) is 2.24. The summed E-state index contributed by atoms with van der Waals surface area (Å²) in [6.07, 6.45) is 0.967. The first kappa shape index (κ1) is 12.6. The number of aryl methyl sites for hydroxylation is 2.